The van der Waals surface area contributed by atoms with Crippen LogP contribution in [-0.4, -0.2) is 22.1 Å². The fraction of sp³-hybridized carbons (Fsp3) is 0.500. The number of nitro groups is 1. The summed E-state index contributed by atoms with van der Waals surface area (Å²) in [5.74, 6) is -2.57. The van der Waals surface area contributed by atoms with Crippen molar-refractivity contribution in [1.29, 1.82) is 0 Å². The van der Waals surface area contributed by atoms with Crippen LogP contribution in [0.5, 0.6) is 5.75 Å². The van der Waals surface area contributed by atoms with Gasteiger partial charge in [-0.25, -0.2) is 9.18 Å². The molecule has 0 amide bonds. The lowest BCUT2D eigenvalue weighted by Crippen LogP contribution is -2.28. The van der Waals surface area contributed by atoms with E-state index in [1.165, 1.54) is 0 Å². The molecule has 1 saturated carbocycles. The minimum atomic E-state index is -1.55. The Labute approximate surface area is 120 Å². The van der Waals surface area contributed by atoms with Gasteiger partial charge < -0.3 is 9.84 Å². The van der Waals surface area contributed by atoms with Crippen LogP contribution in [0.3, 0.4) is 0 Å². The number of nitro benzene ring substituents is 1. The Kier molecular flexibility index (Phi) is 4.40. The lowest BCUT2D eigenvalue weighted by molar-refractivity contribution is -0.386. The number of carboxylic acid groups (broad SMARTS) is 1. The summed E-state index contributed by atoms with van der Waals surface area (Å²) >= 11 is 0. The standard InChI is InChI=1S/C14H16FNO5/c1-8-4-2-3-5-12(8)21-13-7-10(15)9(14(17)18)6-11(13)16(19)20/h6-8,12H,2-5H2,1H3,(H,17,18). The highest BCUT2D eigenvalue weighted by molar-refractivity contribution is 5.89. The second kappa shape index (κ2) is 6.07. The van der Waals surface area contributed by atoms with E-state index in [9.17, 15) is 19.3 Å². The van der Waals surface area contributed by atoms with E-state index < -0.39 is 28.0 Å². The Balaban J connectivity index is 2.35. The van der Waals surface area contributed by atoms with E-state index in [1.54, 1.807) is 0 Å². The van der Waals surface area contributed by atoms with E-state index in [4.69, 9.17) is 9.84 Å². The molecule has 1 aromatic carbocycles. The molecule has 0 heterocycles. The molecule has 6 nitrogen and oxygen atoms in total. The van der Waals surface area contributed by atoms with Gasteiger partial charge in [-0.15, -0.1) is 0 Å². The van der Waals surface area contributed by atoms with Gasteiger partial charge in [-0.3, -0.25) is 10.1 Å². The molecule has 1 fully saturated rings. The normalized spacial score (nSPS) is 21.8. The average molecular weight is 297 g/mol. The number of carbonyl (C=O) groups is 1. The first-order valence-electron chi connectivity index (χ1n) is 6.78. The van der Waals surface area contributed by atoms with Gasteiger partial charge in [0.15, 0.2) is 5.75 Å². The van der Waals surface area contributed by atoms with Crippen LogP contribution in [0, 0.1) is 21.8 Å². The smallest absolute Gasteiger partial charge is 0.338 e. The zero-order valence-corrected chi connectivity index (χ0v) is 11.5. The molecule has 7 heteroatoms. The number of hydrogen-bond donors (Lipinski definition) is 1. The van der Waals surface area contributed by atoms with E-state index in [-0.39, 0.29) is 17.8 Å². The zero-order chi connectivity index (χ0) is 15.6. The molecule has 0 spiro atoms. The van der Waals surface area contributed by atoms with E-state index in [2.05, 4.69) is 0 Å². The predicted octanol–water partition coefficient (Wildman–Crippen LogP) is 3.39. The number of carboxylic acids is 1. The van der Waals surface area contributed by atoms with Crippen molar-refractivity contribution in [2.24, 2.45) is 5.92 Å². The summed E-state index contributed by atoms with van der Waals surface area (Å²) in [6.07, 6.45) is 3.52. The molecule has 2 unspecified atom stereocenters. The van der Waals surface area contributed by atoms with Gasteiger partial charge in [-0.2, -0.15) is 0 Å². The summed E-state index contributed by atoms with van der Waals surface area (Å²) in [6, 6.07) is 1.50. The third-order valence-corrected chi connectivity index (χ3v) is 3.79. The highest BCUT2D eigenvalue weighted by Gasteiger charge is 2.28. The molecule has 21 heavy (non-hydrogen) atoms. The van der Waals surface area contributed by atoms with Crippen molar-refractivity contribution in [2.45, 2.75) is 38.7 Å². The first-order valence-corrected chi connectivity index (χ1v) is 6.78. The molecule has 0 bridgehead atoms. The summed E-state index contributed by atoms with van der Waals surface area (Å²) in [5, 5.41) is 19.9. The fourth-order valence-electron chi connectivity index (χ4n) is 2.56. The van der Waals surface area contributed by atoms with Crippen LogP contribution in [0.2, 0.25) is 0 Å². The summed E-state index contributed by atoms with van der Waals surface area (Å²) in [6.45, 7) is 1.98. The molecule has 1 aliphatic rings. The summed E-state index contributed by atoms with van der Waals surface area (Å²) in [4.78, 5) is 21.1. The quantitative estimate of drug-likeness (QED) is 0.679. The van der Waals surface area contributed by atoms with Crippen LogP contribution in [-0.2, 0) is 0 Å². The SMILES string of the molecule is CC1CCCCC1Oc1cc(F)c(C(=O)O)cc1[N+](=O)[O-]. The Morgan fingerprint density at radius 3 is 2.67 bits per heavy atom. The molecule has 114 valence electrons. The van der Waals surface area contributed by atoms with Gasteiger partial charge in [-0.05, 0) is 25.2 Å². The number of hydrogen-bond acceptors (Lipinski definition) is 4. The van der Waals surface area contributed by atoms with Crippen molar-refractivity contribution in [2.75, 3.05) is 0 Å². The number of aromatic carboxylic acids is 1. The van der Waals surface area contributed by atoms with E-state index in [1.807, 2.05) is 6.92 Å². The molecule has 2 atom stereocenters. The summed E-state index contributed by atoms with van der Waals surface area (Å²) in [5.41, 5.74) is -1.25. The van der Waals surface area contributed by atoms with Gasteiger partial charge in [0.25, 0.3) is 0 Å². The van der Waals surface area contributed by atoms with E-state index in [0.29, 0.717) is 6.07 Å². The fourth-order valence-corrected chi connectivity index (χ4v) is 2.56. The highest BCUT2D eigenvalue weighted by atomic mass is 19.1. The minimum absolute atomic E-state index is 0.207. The summed E-state index contributed by atoms with van der Waals surface area (Å²) in [7, 11) is 0. The van der Waals surface area contributed by atoms with Crippen LogP contribution in [0.15, 0.2) is 12.1 Å². The Morgan fingerprint density at radius 2 is 2.10 bits per heavy atom. The second-order valence-electron chi connectivity index (χ2n) is 5.28. The predicted molar refractivity (Wildman–Crippen MR) is 72.1 cm³/mol. The molecule has 1 N–H and O–H groups in total. The molecule has 0 saturated heterocycles. The van der Waals surface area contributed by atoms with Gasteiger partial charge in [0.1, 0.15) is 17.5 Å². The van der Waals surface area contributed by atoms with Crippen molar-refractivity contribution in [1.82, 2.24) is 0 Å². The van der Waals surface area contributed by atoms with Crippen LogP contribution in [0.4, 0.5) is 10.1 Å². The van der Waals surface area contributed by atoms with Crippen molar-refractivity contribution in [3.63, 3.8) is 0 Å². The average Bonchev–Trinajstić information content (AvgIpc) is 2.40. The zero-order valence-electron chi connectivity index (χ0n) is 11.5. The second-order valence-corrected chi connectivity index (χ2v) is 5.28. The molecule has 0 radical (unpaired) electrons. The first-order chi connectivity index (χ1) is 9.90. The van der Waals surface area contributed by atoms with Crippen LogP contribution >= 0.6 is 0 Å². The number of rotatable bonds is 4. The molecule has 1 aliphatic carbocycles. The van der Waals surface area contributed by atoms with Crippen molar-refractivity contribution in [3.05, 3.63) is 33.6 Å². The molecular formula is C14H16FNO5. The van der Waals surface area contributed by atoms with Gasteiger partial charge in [0.2, 0.25) is 0 Å². The van der Waals surface area contributed by atoms with Crippen molar-refractivity contribution >= 4 is 11.7 Å². The molecular weight excluding hydrogens is 281 g/mol. The van der Waals surface area contributed by atoms with Crippen molar-refractivity contribution < 1.29 is 24.0 Å². The minimum Gasteiger partial charge on any atom is -0.483 e. The van der Waals surface area contributed by atoms with Gasteiger partial charge in [-0.1, -0.05) is 13.3 Å². The van der Waals surface area contributed by atoms with Gasteiger partial charge in [0, 0.05) is 12.1 Å². The Morgan fingerprint density at radius 1 is 1.43 bits per heavy atom. The van der Waals surface area contributed by atoms with Gasteiger partial charge >= 0.3 is 11.7 Å². The van der Waals surface area contributed by atoms with Crippen LogP contribution in [0.1, 0.15) is 43.0 Å². The maximum atomic E-state index is 13.7. The largest absolute Gasteiger partial charge is 0.483 e. The lowest BCUT2D eigenvalue weighted by atomic mass is 9.88. The van der Waals surface area contributed by atoms with Crippen molar-refractivity contribution in [3.8, 4) is 5.75 Å². The summed E-state index contributed by atoms with van der Waals surface area (Å²) < 4.78 is 19.3. The highest BCUT2D eigenvalue weighted by Crippen LogP contribution is 2.34. The monoisotopic (exact) mass is 297 g/mol. The van der Waals surface area contributed by atoms with Gasteiger partial charge in [0.05, 0.1) is 4.92 Å². The van der Waals surface area contributed by atoms with Crippen LogP contribution < -0.4 is 4.74 Å². The molecule has 0 aliphatic heterocycles. The maximum Gasteiger partial charge on any atom is 0.338 e. The topological polar surface area (TPSA) is 89.7 Å². The number of halogens is 1. The maximum absolute atomic E-state index is 13.7. The third-order valence-electron chi connectivity index (χ3n) is 3.79. The van der Waals surface area contributed by atoms with E-state index >= 15 is 0 Å². The third kappa shape index (κ3) is 3.29. The number of nitrogens with zero attached hydrogens (tertiary/aromatic N) is 1. The number of ether oxygens (including phenoxy) is 1. The number of benzene rings is 1. The Hall–Kier alpha value is -2.18. The molecule has 2 rings (SSSR count). The first kappa shape index (κ1) is 15.2. The molecule has 1 aromatic rings. The molecule has 0 aromatic heterocycles. The lowest BCUT2D eigenvalue weighted by Gasteiger charge is -2.29. The van der Waals surface area contributed by atoms with Crippen LogP contribution in [0.25, 0.3) is 0 Å². The van der Waals surface area contributed by atoms with E-state index in [0.717, 1.165) is 31.7 Å². The Bertz CT molecular complexity index is 575.